The number of benzene rings is 3. The molecule has 0 aromatic heterocycles. The summed E-state index contributed by atoms with van der Waals surface area (Å²) in [4.78, 5) is 19.7. The van der Waals surface area contributed by atoms with Crippen LogP contribution in [0.25, 0.3) is 10.8 Å². The van der Waals surface area contributed by atoms with Gasteiger partial charge in [0, 0.05) is 17.6 Å². The van der Waals surface area contributed by atoms with E-state index >= 15 is 0 Å². The fourth-order valence-corrected chi connectivity index (χ4v) is 4.71. The van der Waals surface area contributed by atoms with Gasteiger partial charge in [0.25, 0.3) is 0 Å². The number of thioether (sulfide) groups is 1. The Morgan fingerprint density at radius 2 is 1.93 bits per heavy atom. The lowest BCUT2D eigenvalue weighted by atomic mass is 10.1. The molecule has 134 valence electrons. The SMILES string of the molecule is C[C@H](SC1=Nc2cccc3cccc(c23)N1)C(=O)N1CCc2ccccc21. The second-order valence-corrected chi connectivity index (χ2v) is 8.18. The van der Waals surface area contributed by atoms with Gasteiger partial charge in [-0.3, -0.25) is 4.79 Å². The van der Waals surface area contributed by atoms with Crippen molar-refractivity contribution in [2.75, 3.05) is 16.8 Å². The van der Waals surface area contributed by atoms with Crippen LogP contribution in [0.2, 0.25) is 0 Å². The molecule has 1 N–H and O–H groups in total. The molecule has 0 spiro atoms. The predicted molar refractivity (Wildman–Crippen MR) is 114 cm³/mol. The van der Waals surface area contributed by atoms with Gasteiger partial charge in [0.1, 0.15) is 0 Å². The number of anilines is 2. The molecule has 0 bridgehead atoms. The molecule has 1 amide bonds. The highest BCUT2D eigenvalue weighted by atomic mass is 32.2. The molecule has 1 atom stereocenters. The highest BCUT2D eigenvalue weighted by Crippen LogP contribution is 2.38. The van der Waals surface area contributed by atoms with Gasteiger partial charge >= 0.3 is 0 Å². The van der Waals surface area contributed by atoms with Crippen LogP contribution in [0.15, 0.2) is 65.7 Å². The maximum atomic E-state index is 13.0. The summed E-state index contributed by atoms with van der Waals surface area (Å²) in [6, 6.07) is 20.5. The van der Waals surface area contributed by atoms with Crippen molar-refractivity contribution < 1.29 is 4.79 Å². The monoisotopic (exact) mass is 373 g/mol. The van der Waals surface area contributed by atoms with Crippen LogP contribution in [-0.2, 0) is 11.2 Å². The zero-order valence-corrected chi connectivity index (χ0v) is 15.8. The Hall–Kier alpha value is -2.79. The van der Waals surface area contributed by atoms with E-state index in [0.29, 0.717) is 0 Å². The summed E-state index contributed by atoms with van der Waals surface area (Å²) >= 11 is 1.49. The molecule has 3 aromatic rings. The Labute approximate surface area is 162 Å². The lowest BCUT2D eigenvalue weighted by Gasteiger charge is -2.23. The van der Waals surface area contributed by atoms with Gasteiger partial charge in [0.15, 0.2) is 5.17 Å². The number of carbonyl (C=O) groups excluding carboxylic acids is 1. The van der Waals surface area contributed by atoms with Crippen molar-refractivity contribution >= 4 is 50.7 Å². The smallest absolute Gasteiger partial charge is 0.240 e. The molecule has 5 rings (SSSR count). The Balaban J connectivity index is 1.39. The van der Waals surface area contributed by atoms with Crippen LogP contribution in [0.4, 0.5) is 17.1 Å². The van der Waals surface area contributed by atoms with Gasteiger partial charge in [-0.2, -0.15) is 0 Å². The fourth-order valence-electron chi connectivity index (χ4n) is 3.83. The van der Waals surface area contributed by atoms with Crippen LogP contribution >= 0.6 is 11.8 Å². The van der Waals surface area contributed by atoms with Crippen molar-refractivity contribution in [2.45, 2.75) is 18.6 Å². The van der Waals surface area contributed by atoms with E-state index in [1.54, 1.807) is 0 Å². The Morgan fingerprint density at radius 3 is 2.81 bits per heavy atom. The average Bonchev–Trinajstić information content (AvgIpc) is 3.12. The first-order valence-corrected chi connectivity index (χ1v) is 10.0. The summed E-state index contributed by atoms with van der Waals surface area (Å²) in [6.07, 6.45) is 0.924. The minimum atomic E-state index is -0.216. The second kappa shape index (κ2) is 6.43. The van der Waals surface area contributed by atoms with Gasteiger partial charge in [0.2, 0.25) is 5.91 Å². The van der Waals surface area contributed by atoms with E-state index in [1.165, 1.54) is 22.7 Å². The third-order valence-corrected chi connectivity index (χ3v) is 6.11. The molecule has 0 fully saturated rings. The van der Waals surface area contributed by atoms with Crippen molar-refractivity contribution in [2.24, 2.45) is 4.99 Å². The molecule has 0 radical (unpaired) electrons. The number of para-hydroxylation sites is 1. The third-order valence-electron chi connectivity index (χ3n) is 5.14. The molecule has 3 aromatic carbocycles. The highest BCUT2D eigenvalue weighted by Gasteiger charge is 2.29. The molecule has 2 aliphatic heterocycles. The molecule has 4 nitrogen and oxygen atoms in total. The highest BCUT2D eigenvalue weighted by molar-refractivity contribution is 8.15. The average molecular weight is 373 g/mol. The summed E-state index contributed by atoms with van der Waals surface area (Å²) in [5, 5.41) is 6.26. The van der Waals surface area contributed by atoms with E-state index in [1.807, 2.05) is 48.2 Å². The number of fused-ring (bicyclic) bond motifs is 1. The number of rotatable bonds is 2. The van der Waals surface area contributed by atoms with E-state index in [0.717, 1.165) is 40.6 Å². The summed E-state index contributed by atoms with van der Waals surface area (Å²) < 4.78 is 0. The molecule has 2 heterocycles. The van der Waals surface area contributed by atoms with Gasteiger partial charge in [0.05, 0.1) is 16.6 Å². The Morgan fingerprint density at radius 1 is 1.11 bits per heavy atom. The maximum Gasteiger partial charge on any atom is 0.240 e. The minimum Gasteiger partial charge on any atom is -0.334 e. The molecule has 0 aliphatic carbocycles. The number of hydrogen-bond acceptors (Lipinski definition) is 4. The molecule has 5 heteroatoms. The first-order chi connectivity index (χ1) is 13.2. The van der Waals surface area contributed by atoms with Crippen LogP contribution in [0.1, 0.15) is 12.5 Å². The standard InChI is InChI=1S/C22H19N3OS/c1-14(21(26)25-13-12-15-6-2-3-11-19(15)25)27-22-23-17-9-4-7-16-8-5-10-18(24-22)20(16)17/h2-11,14H,12-13H2,1H3,(H,23,24)/t14-/m0/s1. The molecule has 0 saturated carbocycles. The van der Waals surface area contributed by atoms with Gasteiger partial charge in [-0.25, -0.2) is 4.99 Å². The summed E-state index contributed by atoms with van der Waals surface area (Å²) in [5.74, 6) is 0.131. The molecular formula is C22H19N3OS. The summed E-state index contributed by atoms with van der Waals surface area (Å²) in [5.41, 5.74) is 4.29. The molecule has 0 saturated heterocycles. The van der Waals surface area contributed by atoms with E-state index in [-0.39, 0.29) is 11.2 Å². The van der Waals surface area contributed by atoms with Gasteiger partial charge < -0.3 is 10.2 Å². The van der Waals surface area contributed by atoms with Crippen LogP contribution < -0.4 is 10.2 Å². The van der Waals surface area contributed by atoms with E-state index in [9.17, 15) is 4.79 Å². The van der Waals surface area contributed by atoms with E-state index < -0.39 is 0 Å². The number of carbonyl (C=O) groups is 1. The minimum absolute atomic E-state index is 0.131. The summed E-state index contributed by atoms with van der Waals surface area (Å²) in [7, 11) is 0. The largest absolute Gasteiger partial charge is 0.334 e. The van der Waals surface area contributed by atoms with Crippen LogP contribution in [0, 0.1) is 0 Å². The number of nitrogens with one attached hydrogen (secondary N) is 1. The topological polar surface area (TPSA) is 44.7 Å². The molecule has 2 aliphatic rings. The Bertz CT molecular complexity index is 1090. The normalized spacial score (nSPS) is 15.9. The maximum absolute atomic E-state index is 13.0. The van der Waals surface area contributed by atoms with Gasteiger partial charge in [-0.15, -0.1) is 0 Å². The van der Waals surface area contributed by atoms with Crippen LogP contribution in [0.3, 0.4) is 0 Å². The van der Waals surface area contributed by atoms with Crippen molar-refractivity contribution in [1.29, 1.82) is 0 Å². The number of hydrogen-bond donors (Lipinski definition) is 1. The fraction of sp³-hybridized carbons (Fsp3) is 0.182. The van der Waals surface area contributed by atoms with Crippen LogP contribution in [-0.4, -0.2) is 22.9 Å². The molecule has 0 unspecified atom stereocenters. The zero-order valence-electron chi connectivity index (χ0n) is 15.0. The second-order valence-electron chi connectivity index (χ2n) is 6.85. The van der Waals surface area contributed by atoms with Crippen LogP contribution in [0.5, 0.6) is 0 Å². The number of nitrogens with zero attached hydrogens (tertiary/aromatic N) is 2. The molecule has 27 heavy (non-hydrogen) atoms. The van der Waals surface area contributed by atoms with E-state index in [4.69, 9.17) is 4.99 Å². The van der Waals surface area contributed by atoms with Crippen molar-refractivity contribution in [3.8, 4) is 0 Å². The number of aliphatic imine (C=N–C) groups is 1. The Kier molecular flexibility index (Phi) is 3.90. The first-order valence-electron chi connectivity index (χ1n) is 9.14. The molecular weight excluding hydrogens is 354 g/mol. The lowest BCUT2D eigenvalue weighted by molar-refractivity contribution is -0.117. The third kappa shape index (κ3) is 2.79. The lowest BCUT2D eigenvalue weighted by Crippen LogP contribution is -2.36. The van der Waals surface area contributed by atoms with E-state index in [2.05, 4.69) is 29.6 Å². The zero-order chi connectivity index (χ0) is 18.4. The van der Waals surface area contributed by atoms with Crippen molar-refractivity contribution in [3.63, 3.8) is 0 Å². The number of amides is 1. The first kappa shape index (κ1) is 16.4. The van der Waals surface area contributed by atoms with Crippen molar-refractivity contribution in [3.05, 3.63) is 66.2 Å². The predicted octanol–water partition coefficient (Wildman–Crippen LogP) is 4.96. The summed E-state index contributed by atoms with van der Waals surface area (Å²) in [6.45, 7) is 2.71. The number of amidine groups is 1. The van der Waals surface area contributed by atoms with Gasteiger partial charge in [-0.1, -0.05) is 54.2 Å². The quantitative estimate of drug-likeness (QED) is 0.690. The van der Waals surface area contributed by atoms with Crippen molar-refractivity contribution in [1.82, 2.24) is 0 Å². The van der Waals surface area contributed by atoms with Gasteiger partial charge in [-0.05, 0) is 42.5 Å².